The van der Waals surface area contributed by atoms with Gasteiger partial charge >= 0.3 is 0 Å². The average Bonchev–Trinajstić information content (AvgIpc) is 3.34. The highest BCUT2D eigenvalue weighted by molar-refractivity contribution is 7.17. The maximum absolute atomic E-state index is 6.01. The summed E-state index contributed by atoms with van der Waals surface area (Å²) >= 11 is 1.49. The molecule has 0 fully saturated rings. The van der Waals surface area contributed by atoms with Crippen molar-refractivity contribution in [2.24, 2.45) is 0 Å². The summed E-state index contributed by atoms with van der Waals surface area (Å²) in [6, 6.07) is 18.1. The molecule has 3 heterocycles. The van der Waals surface area contributed by atoms with Gasteiger partial charge in [0.1, 0.15) is 10.6 Å². The molecule has 126 valence electrons. The number of furan rings is 1. The van der Waals surface area contributed by atoms with Crippen molar-refractivity contribution in [3.63, 3.8) is 0 Å². The molecule has 0 aliphatic rings. The van der Waals surface area contributed by atoms with E-state index in [0.717, 1.165) is 32.1 Å². The van der Waals surface area contributed by atoms with Crippen LogP contribution in [0.15, 0.2) is 59.0 Å². The summed E-state index contributed by atoms with van der Waals surface area (Å²) in [6.45, 7) is 2.03. The van der Waals surface area contributed by atoms with E-state index in [-0.39, 0.29) is 0 Å². The number of fused-ring (bicyclic) bond motifs is 2. The second kappa shape index (κ2) is 5.93. The van der Waals surface area contributed by atoms with E-state index < -0.39 is 0 Å². The third-order valence-corrected chi connectivity index (χ3v) is 5.14. The van der Waals surface area contributed by atoms with Gasteiger partial charge in [-0.1, -0.05) is 65.9 Å². The SMILES string of the molecule is Cc1c(-c2nnc3sc(/C=C/c4ccccc4)nn23)oc2ccccc12. The number of hydrogen-bond acceptors (Lipinski definition) is 5. The van der Waals surface area contributed by atoms with E-state index in [0.29, 0.717) is 11.6 Å². The minimum atomic E-state index is 0.629. The summed E-state index contributed by atoms with van der Waals surface area (Å²) in [4.78, 5) is 0.743. The third-order valence-electron chi connectivity index (χ3n) is 4.27. The summed E-state index contributed by atoms with van der Waals surface area (Å²) < 4.78 is 7.76. The van der Waals surface area contributed by atoms with Crippen LogP contribution in [0.25, 0.3) is 39.7 Å². The number of aromatic nitrogens is 4. The van der Waals surface area contributed by atoms with Crippen LogP contribution in [0.3, 0.4) is 0 Å². The molecule has 26 heavy (non-hydrogen) atoms. The van der Waals surface area contributed by atoms with Crippen LogP contribution in [0.1, 0.15) is 16.1 Å². The van der Waals surface area contributed by atoms with Gasteiger partial charge in [-0.3, -0.25) is 0 Å². The number of nitrogens with zero attached hydrogens (tertiary/aromatic N) is 4. The fourth-order valence-electron chi connectivity index (χ4n) is 2.96. The first-order chi connectivity index (χ1) is 12.8. The molecule has 0 radical (unpaired) electrons. The molecule has 0 saturated heterocycles. The Morgan fingerprint density at radius 3 is 2.62 bits per heavy atom. The van der Waals surface area contributed by atoms with Crippen LogP contribution in [0.4, 0.5) is 0 Å². The first-order valence-electron chi connectivity index (χ1n) is 8.23. The first-order valence-corrected chi connectivity index (χ1v) is 9.05. The van der Waals surface area contributed by atoms with Crippen molar-refractivity contribution in [1.82, 2.24) is 19.8 Å². The first kappa shape index (κ1) is 15.0. The molecular formula is C20H14N4OS. The van der Waals surface area contributed by atoms with Crippen LogP contribution >= 0.6 is 11.3 Å². The number of hydrogen-bond donors (Lipinski definition) is 0. The molecule has 0 saturated carbocycles. The monoisotopic (exact) mass is 358 g/mol. The molecule has 0 amide bonds. The average molecular weight is 358 g/mol. The maximum atomic E-state index is 6.01. The fourth-order valence-corrected chi connectivity index (χ4v) is 3.70. The topological polar surface area (TPSA) is 56.2 Å². The lowest BCUT2D eigenvalue weighted by Crippen LogP contribution is -1.90. The van der Waals surface area contributed by atoms with Crippen LogP contribution in [0.5, 0.6) is 0 Å². The van der Waals surface area contributed by atoms with E-state index >= 15 is 0 Å². The number of aryl methyl sites for hydroxylation is 1. The zero-order valence-corrected chi connectivity index (χ0v) is 14.8. The van der Waals surface area contributed by atoms with E-state index in [2.05, 4.69) is 27.4 Å². The number of para-hydroxylation sites is 1. The molecule has 0 unspecified atom stereocenters. The molecule has 0 bridgehead atoms. The molecule has 5 nitrogen and oxygen atoms in total. The van der Waals surface area contributed by atoms with Gasteiger partial charge < -0.3 is 4.42 Å². The van der Waals surface area contributed by atoms with E-state index in [4.69, 9.17) is 4.42 Å². The lowest BCUT2D eigenvalue weighted by atomic mass is 10.1. The molecule has 3 aromatic heterocycles. The Kier molecular flexibility index (Phi) is 3.43. The van der Waals surface area contributed by atoms with E-state index in [1.807, 2.05) is 61.5 Å². The lowest BCUT2D eigenvalue weighted by Gasteiger charge is -1.93. The van der Waals surface area contributed by atoms with Gasteiger partial charge in [-0.05, 0) is 24.6 Å². The van der Waals surface area contributed by atoms with Crippen LogP contribution < -0.4 is 0 Å². The summed E-state index contributed by atoms with van der Waals surface area (Å²) in [6.07, 6.45) is 4.03. The second-order valence-corrected chi connectivity index (χ2v) is 6.94. The molecule has 0 atom stereocenters. The van der Waals surface area contributed by atoms with Crippen molar-refractivity contribution in [2.75, 3.05) is 0 Å². The van der Waals surface area contributed by atoms with E-state index in [1.165, 1.54) is 11.3 Å². The quantitative estimate of drug-likeness (QED) is 0.451. The Hall–Kier alpha value is -3.25. The van der Waals surface area contributed by atoms with Crippen molar-refractivity contribution < 1.29 is 4.42 Å². The fraction of sp³-hybridized carbons (Fsp3) is 0.0500. The molecule has 5 rings (SSSR count). The van der Waals surface area contributed by atoms with Crippen molar-refractivity contribution in [1.29, 1.82) is 0 Å². The standard InChI is InChI=1S/C20H14N4OS/c1-13-15-9-5-6-10-16(15)25-18(13)19-21-22-20-24(19)23-17(26-20)12-11-14-7-3-2-4-8-14/h2-12H,1H3/b12-11+. The van der Waals surface area contributed by atoms with Gasteiger partial charge in [0.15, 0.2) is 5.76 Å². The molecule has 0 aliphatic carbocycles. The molecule has 0 aliphatic heterocycles. The third kappa shape index (κ3) is 2.43. The van der Waals surface area contributed by atoms with Gasteiger partial charge in [0.25, 0.3) is 0 Å². The smallest absolute Gasteiger partial charge is 0.235 e. The van der Waals surface area contributed by atoms with Gasteiger partial charge in [-0.15, -0.1) is 10.2 Å². The number of rotatable bonds is 3. The Morgan fingerprint density at radius 2 is 1.77 bits per heavy atom. The molecule has 2 aromatic carbocycles. The van der Waals surface area contributed by atoms with E-state index in [1.54, 1.807) is 4.52 Å². The summed E-state index contributed by atoms with van der Waals surface area (Å²) in [7, 11) is 0. The predicted octanol–water partition coefficient (Wildman–Crippen LogP) is 5.08. The van der Waals surface area contributed by atoms with Crippen LogP contribution in [0.2, 0.25) is 0 Å². The Labute approximate surface area is 153 Å². The van der Waals surface area contributed by atoms with Gasteiger partial charge in [0.2, 0.25) is 10.8 Å². The second-order valence-electron chi connectivity index (χ2n) is 5.95. The largest absolute Gasteiger partial charge is 0.452 e. The highest BCUT2D eigenvalue weighted by Crippen LogP contribution is 2.32. The van der Waals surface area contributed by atoms with Crippen molar-refractivity contribution in [3.05, 3.63) is 70.7 Å². The minimum absolute atomic E-state index is 0.629. The highest BCUT2D eigenvalue weighted by Gasteiger charge is 2.19. The van der Waals surface area contributed by atoms with Crippen LogP contribution in [-0.2, 0) is 0 Å². The molecule has 0 N–H and O–H groups in total. The molecule has 5 aromatic rings. The van der Waals surface area contributed by atoms with Gasteiger partial charge in [-0.2, -0.15) is 9.61 Å². The summed E-state index contributed by atoms with van der Waals surface area (Å²) in [5.74, 6) is 1.34. The van der Waals surface area contributed by atoms with Crippen molar-refractivity contribution >= 4 is 39.4 Å². The summed E-state index contributed by atoms with van der Waals surface area (Å²) in [5, 5.41) is 15.1. The highest BCUT2D eigenvalue weighted by atomic mass is 32.1. The van der Waals surface area contributed by atoms with Crippen molar-refractivity contribution in [2.45, 2.75) is 6.92 Å². The number of benzene rings is 2. The van der Waals surface area contributed by atoms with Crippen LogP contribution in [-0.4, -0.2) is 19.8 Å². The Morgan fingerprint density at radius 1 is 0.962 bits per heavy atom. The Bertz CT molecular complexity index is 1250. The van der Waals surface area contributed by atoms with Crippen molar-refractivity contribution in [3.8, 4) is 11.6 Å². The van der Waals surface area contributed by atoms with Gasteiger partial charge in [-0.25, -0.2) is 0 Å². The Balaban J connectivity index is 1.58. The van der Waals surface area contributed by atoms with Gasteiger partial charge in [0, 0.05) is 10.9 Å². The normalized spacial score (nSPS) is 11.9. The predicted molar refractivity (Wildman–Crippen MR) is 104 cm³/mol. The molecule has 0 spiro atoms. The molecule has 6 heteroatoms. The summed E-state index contributed by atoms with van der Waals surface area (Å²) in [5.41, 5.74) is 3.02. The minimum Gasteiger partial charge on any atom is -0.452 e. The van der Waals surface area contributed by atoms with Gasteiger partial charge in [0.05, 0.1) is 0 Å². The molecular weight excluding hydrogens is 344 g/mol. The maximum Gasteiger partial charge on any atom is 0.235 e. The zero-order valence-electron chi connectivity index (χ0n) is 14.0. The zero-order chi connectivity index (χ0) is 17.5. The van der Waals surface area contributed by atoms with E-state index in [9.17, 15) is 0 Å². The lowest BCUT2D eigenvalue weighted by molar-refractivity contribution is 0.619. The van der Waals surface area contributed by atoms with Crippen LogP contribution in [0, 0.1) is 6.92 Å².